The molecule has 0 unspecified atom stereocenters. The Kier molecular flexibility index (Phi) is 4.52. The Morgan fingerprint density at radius 2 is 1.29 bits per heavy atom. The van der Waals surface area contributed by atoms with Crippen molar-refractivity contribution >= 4 is 51.1 Å². The van der Waals surface area contributed by atoms with Crippen molar-refractivity contribution in [2.45, 2.75) is 0 Å². The average Bonchev–Trinajstić information content (AvgIpc) is 1.90. The van der Waals surface area contributed by atoms with Crippen LogP contribution in [0.4, 0.5) is 0 Å². The summed E-state index contributed by atoms with van der Waals surface area (Å²) in [5.74, 6) is 2.60. The summed E-state index contributed by atoms with van der Waals surface area (Å²) in [7, 11) is 9.56. The van der Waals surface area contributed by atoms with E-state index in [4.69, 9.17) is 0 Å². The van der Waals surface area contributed by atoms with Gasteiger partial charge >= 0.3 is 0 Å². The molecule has 0 aromatic carbocycles. The van der Waals surface area contributed by atoms with E-state index in [0.717, 1.165) is 0 Å². The van der Waals surface area contributed by atoms with Gasteiger partial charge in [-0.3, -0.25) is 0 Å². The third-order valence-corrected chi connectivity index (χ3v) is 9.35. The Balaban J connectivity index is 2.04. The van der Waals surface area contributed by atoms with Crippen molar-refractivity contribution in [3.8, 4) is 0 Å². The van der Waals surface area contributed by atoms with E-state index in [-0.39, 0.29) is 0 Å². The highest BCUT2D eigenvalue weighted by atomic mass is 33.8. The maximum Gasteiger partial charge on any atom is 0.0145 e. The minimum atomic E-state index is 1.30. The zero-order valence-corrected chi connectivity index (χ0v) is 7.54. The largest absolute Gasteiger partial charge is 0.0808 e. The highest BCUT2D eigenvalue weighted by Gasteiger charge is 1.98. The SMILES string of the molecule is C1CSSSSS1. The van der Waals surface area contributed by atoms with Gasteiger partial charge in [0.15, 0.2) is 0 Å². The van der Waals surface area contributed by atoms with Gasteiger partial charge in [0.1, 0.15) is 0 Å². The van der Waals surface area contributed by atoms with E-state index in [1.807, 2.05) is 51.1 Å². The summed E-state index contributed by atoms with van der Waals surface area (Å²) in [6.45, 7) is 0. The summed E-state index contributed by atoms with van der Waals surface area (Å²) < 4.78 is 0. The molecule has 0 N–H and O–H groups in total. The molecule has 42 valence electrons. The van der Waals surface area contributed by atoms with Crippen LogP contribution >= 0.6 is 51.1 Å². The van der Waals surface area contributed by atoms with Crippen LogP contribution in [0.5, 0.6) is 0 Å². The predicted molar refractivity (Wildman–Crippen MR) is 47.7 cm³/mol. The molecule has 0 aromatic heterocycles. The molecule has 0 atom stereocenters. The molecular formula is C2H4S5. The first-order valence-electron chi connectivity index (χ1n) is 1.74. The zero-order valence-electron chi connectivity index (χ0n) is 3.46. The minimum absolute atomic E-state index is 1.30. The molecule has 0 spiro atoms. The average molecular weight is 188 g/mol. The van der Waals surface area contributed by atoms with Crippen LogP contribution in [0.3, 0.4) is 0 Å². The highest BCUT2D eigenvalue weighted by molar-refractivity contribution is 9.36. The van der Waals surface area contributed by atoms with Crippen molar-refractivity contribution < 1.29 is 0 Å². The maximum absolute atomic E-state index is 1.95. The van der Waals surface area contributed by atoms with Gasteiger partial charge in [-0.2, -0.15) is 0 Å². The van der Waals surface area contributed by atoms with Gasteiger partial charge in [-0.05, 0) is 29.5 Å². The van der Waals surface area contributed by atoms with E-state index in [1.54, 1.807) is 0 Å². The van der Waals surface area contributed by atoms with Gasteiger partial charge in [-0.25, -0.2) is 0 Å². The van der Waals surface area contributed by atoms with E-state index >= 15 is 0 Å². The molecule has 0 amide bonds. The van der Waals surface area contributed by atoms with Crippen LogP contribution in [0.1, 0.15) is 0 Å². The second kappa shape index (κ2) is 4.61. The molecule has 5 heteroatoms. The van der Waals surface area contributed by atoms with Crippen LogP contribution in [0, 0.1) is 0 Å². The Hall–Kier alpha value is 1.75. The van der Waals surface area contributed by atoms with Crippen LogP contribution in [-0.4, -0.2) is 11.5 Å². The number of hydrogen-bond acceptors (Lipinski definition) is 5. The normalized spacial score (nSPS) is 24.0. The molecule has 1 fully saturated rings. The standard InChI is InChI=1S/C2H4S5/c1-2-4-6-7-5-3-1/h1-2H2. The number of hydrogen-bond donors (Lipinski definition) is 0. The van der Waals surface area contributed by atoms with Crippen molar-refractivity contribution in [2.75, 3.05) is 11.5 Å². The van der Waals surface area contributed by atoms with E-state index in [9.17, 15) is 0 Å². The molecule has 1 rings (SSSR count). The van der Waals surface area contributed by atoms with Gasteiger partial charge in [-0.1, -0.05) is 21.6 Å². The van der Waals surface area contributed by atoms with Crippen LogP contribution in [0.25, 0.3) is 0 Å². The molecule has 7 heavy (non-hydrogen) atoms. The molecule has 0 bridgehead atoms. The molecule has 1 aliphatic rings. The summed E-state index contributed by atoms with van der Waals surface area (Å²) in [5.41, 5.74) is 0. The quantitative estimate of drug-likeness (QED) is 0.533. The Morgan fingerprint density at radius 1 is 0.714 bits per heavy atom. The summed E-state index contributed by atoms with van der Waals surface area (Å²) in [6.07, 6.45) is 0. The monoisotopic (exact) mass is 188 g/mol. The molecule has 1 saturated heterocycles. The molecular weight excluding hydrogens is 184 g/mol. The molecule has 0 radical (unpaired) electrons. The van der Waals surface area contributed by atoms with E-state index < -0.39 is 0 Å². The van der Waals surface area contributed by atoms with Crippen LogP contribution < -0.4 is 0 Å². The fraction of sp³-hybridized carbons (Fsp3) is 1.00. The summed E-state index contributed by atoms with van der Waals surface area (Å²) in [6, 6.07) is 0. The fourth-order valence-corrected chi connectivity index (χ4v) is 9.61. The highest BCUT2D eigenvalue weighted by Crippen LogP contribution is 2.51. The van der Waals surface area contributed by atoms with Gasteiger partial charge in [0.25, 0.3) is 0 Å². The lowest BCUT2D eigenvalue weighted by atomic mass is 11.0. The molecule has 0 aliphatic carbocycles. The van der Waals surface area contributed by atoms with E-state index in [0.29, 0.717) is 0 Å². The van der Waals surface area contributed by atoms with Gasteiger partial charge in [0, 0.05) is 11.5 Å². The van der Waals surface area contributed by atoms with Gasteiger partial charge in [-0.15, -0.1) is 0 Å². The third kappa shape index (κ3) is 3.35. The molecule has 1 heterocycles. The van der Waals surface area contributed by atoms with Gasteiger partial charge in [0.05, 0.1) is 0 Å². The Labute approximate surface area is 62.3 Å². The first kappa shape index (κ1) is 6.86. The van der Waals surface area contributed by atoms with Gasteiger partial charge < -0.3 is 0 Å². The third-order valence-electron chi connectivity index (χ3n) is 0.402. The first-order chi connectivity index (χ1) is 3.50. The fourth-order valence-electron chi connectivity index (χ4n) is 0.187. The van der Waals surface area contributed by atoms with Crippen molar-refractivity contribution in [1.82, 2.24) is 0 Å². The second-order valence-corrected chi connectivity index (χ2v) is 8.86. The minimum Gasteiger partial charge on any atom is -0.0808 e. The second-order valence-electron chi connectivity index (χ2n) is 0.848. The van der Waals surface area contributed by atoms with Crippen LogP contribution in [0.2, 0.25) is 0 Å². The molecule has 0 aromatic rings. The van der Waals surface area contributed by atoms with E-state index in [1.165, 1.54) is 11.5 Å². The Bertz CT molecular complexity index is 25.7. The maximum atomic E-state index is 1.95. The van der Waals surface area contributed by atoms with Crippen molar-refractivity contribution in [3.05, 3.63) is 0 Å². The lowest BCUT2D eigenvalue weighted by molar-refractivity contribution is 1.58. The molecule has 0 nitrogen and oxygen atoms in total. The van der Waals surface area contributed by atoms with E-state index in [2.05, 4.69) is 0 Å². The lowest BCUT2D eigenvalue weighted by Gasteiger charge is -1.83. The number of rotatable bonds is 0. The van der Waals surface area contributed by atoms with Gasteiger partial charge in [0.2, 0.25) is 0 Å². The molecule has 1 aliphatic heterocycles. The van der Waals surface area contributed by atoms with Crippen molar-refractivity contribution in [3.63, 3.8) is 0 Å². The summed E-state index contributed by atoms with van der Waals surface area (Å²) >= 11 is 0. The molecule has 0 saturated carbocycles. The van der Waals surface area contributed by atoms with Crippen LogP contribution in [-0.2, 0) is 0 Å². The topological polar surface area (TPSA) is 0 Å². The summed E-state index contributed by atoms with van der Waals surface area (Å²) in [5, 5.41) is 0. The van der Waals surface area contributed by atoms with Crippen molar-refractivity contribution in [1.29, 1.82) is 0 Å². The van der Waals surface area contributed by atoms with Crippen LogP contribution in [0.15, 0.2) is 0 Å². The summed E-state index contributed by atoms with van der Waals surface area (Å²) in [4.78, 5) is 0. The Morgan fingerprint density at radius 3 is 1.86 bits per heavy atom. The lowest BCUT2D eigenvalue weighted by Crippen LogP contribution is -1.72. The zero-order chi connectivity index (χ0) is 4.95. The predicted octanol–water partition coefficient (Wildman–Crippen LogP) is 3.33. The smallest absolute Gasteiger partial charge is 0.0145 e. The first-order valence-corrected chi connectivity index (χ1v) is 8.23. The van der Waals surface area contributed by atoms with Crippen molar-refractivity contribution in [2.24, 2.45) is 0 Å².